The van der Waals surface area contributed by atoms with E-state index < -0.39 is 11.2 Å². The zero-order valence-corrected chi connectivity index (χ0v) is 10.1. The highest BCUT2D eigenvalue weighted by molar-refractivity contribution is 5.85. The first-order valence-electron chi connectivity index (χ1n) is 5.31. The van der Waals surface area contributed by atoms with Gasteiger partial charge >= 0.3 is 5.97 Å². The summed E-state index contributed by atoms with van der Waals surface area (Å²) in [5.74, 6) is -0.227. The molecule has 88 valence electrons. The number of hydrogen-bond donors (Lipinski definition) is 0. The van der Waals surface area contributed by atoms with E-state index in [9.17, 15) is 4.79 Å². The lowest BCUT2D eigenvalue weighted by molar-refractivity contribution is -0.148. The van der Waals surface area contributed by atoms with Crippen LogP contribution < -0.4 is 0 Å². The van der Waals surface area contributed by atoms with Crippen LogP contribution in [0.25, 0.3) is 0 Å². The smallest absolute Gasteiger partial charge is 0.341 e. The molecule has 1 saturated heterocycles. The molecule has 0 bridgehead atoms. The zero-order chi connectivity index (χ0) is 11.7. The average Bonchev–Trinajstić information content (AvgIpc) is 2.83. The maximum atomic E-state index is 11.7. The largest absolute Gasteiger partial charge is 0.467 e. The number of epoxide rings is 1. The van der Waals surface area contributed by atoms with Crippen LogP contribution in [0.5, 0.6) is 0 Å². The van der Waals surface area contributed by atoms with Gasteiger partial charge in [-0.3, -0.25) is 0 Å². The second-order valence-corrected chi connectivity index (χ2v) is 4.35. The molecule has 0 aromatic rings. The first-order valence-corrected chi connectivity index (χ1v) is 5.31. The predicted octanol–water partition coefficient (Wildman–Crippen LogP) is 1.38. The van der Waals surface area contributed by atoms with E-state index in [-0.39, 0.29) is 11.9 Å². The van der Waals surface area contributed by atoms with Gasteiger partial charge in [0, 0.05) is 6.61 Å². The molecule has 15 heavy (non-hydrogen) atoms. The third-order valence-corrected chi connectivity index (χ3v) is 3.01. The molecule has 2 unspecified atom stereocenters. The van der Waals surface area contributed by atoms with E-state index in [1.54, 1.807) is 0 Å². The highest BCUT2D eigenvalue weighted by atomic mass is 16.7. The van der Waals surface area contributed by atoms with Crippen LogP contribution in [-0.2, 0) is 19.0 Å². The van der Waals surface area contributed by atoms with Crippen LogP contribution in [0.15, 0.2) is 0 Å². The van der Waals surface area contributed by atoms with Gasteiger partial charge in [0.25, 0.3) is 0 Å². The van der Waals surface area contributed by atoms with Crippen LogP contribution >= 0.6 is 0 Å². The van der Waals surface area contributed by atoms with Crippen molar-refractivity contribution in [2.75, 3.05) is 20.3 Å². The van der Waals surface area contributed by atoms with Crippen molar-refractivity contribution in [3.63, 3.8) is 0 Å². The van der Waals surface area contributed by atoms with Gasteiger partial charge in [-0.05, 0) is 19.8 Å². The Hall–Kier alpha value is -0.610. The van der Waals surface area contributed by atoms with Gasteiger partial charge in [0.05, 0.1) is 13.7 Å². The molecule has 4 heteroatoms. The standard InChI is InChI=1S/C11H20O4/c1-6-14-7-10(4)11(15-10,8(2)3)9(12)13-5/h8H,6-7H2,1-5H3. The third-order valence-electron chi connectivity index (χ3n) is 3.01. The molecule has 0 radical (unpaired) electrons. The van der Waals surface area contributed by atoms with Crippen molar-refractivity contribution in [1.82, 2.24) is 0 Å². The summed E-state index contributed by atoms with van der Waals surface area (Å²) in [4.78, 5) is 11.7. The molecule has 1 rings (SSSR count). The van der Waals surface area contributed by atoms with Gasteiger partial charge < -0.3 is 14.2 Å². The van der Waals surface area contributed by atoms with Crippen LogP contribution in [0.1, 0.15) is 27.7 Å². The lowest BCUT2D eigenvalue weighted by Gasteiger charge is -2.18. The Morgan fingerprint density at radius 3 is 2.47 bits per heavy atom. The van der Waals surface area contributed by atoms with Gasteiger partial charge in [0.1, 0.15) is 5.60 Å². The molecule has 0 N–H and O–H groups in total. The molecule has 1 fully saturated rings. The molecule has 1 aliphatic rings. The van der Waals surface area contributed by atoms with Crippen molar-refractivity contribution in [3.05, 3.63) is 0 Å². The summed E-state index contributed by atoms with van der Waals surface area (Å²) in [6.45, 7) is 8.76. The third kappa shape index (κ3) is 1.76. The Labute approximate surface area is 90.9 Å². The fourth-order valence-electron chi connectivity index (χ4n) is 2.14. The van der Waals surface area contributed by atoms with Crippen molar-refractivity contribution in [2.24, 2.45) is 5.92 Å². The van der Waals surface area contributed by atoms with Gasteiger partial charge in [0.2, 0.25) is 0 Å². The van der Waals surface area contributed by atoms with Crippen molar-refractivity contribution < 1.29 is 19.0 Å². The van der Waals surface area contributed by atoms with Gasteiger partial charge in [-0.25, -0.2) is 4.79 Å². The Balaban J connectivity index is 2.77. The topological polar surface area (TPSA) is 48.1 Å². The fraction of sp³-hybridized carbons (Fsp3) is 0.909. The number of rotatable bonds is 5. The van der Waals surface area contributed by atoms with Crippen LogP contribution in [0.4, 0.5) is 0 Å². The van der Waals surface area contributed by atoms with E-state index in [0.717, 1.165) is 0 Å². The second-order valence-electron chi connectivity index (χ2n) is 4.35. The molecule has 0 spiro atoms. The highest BCUT2D eigenvalue weighted by Gasteiger charge is 2.74. The summed E-state index contributed by atoms with van der Waals surface area (Å²) in [5.41, 5.74) is -1.36. The summed E-state index contributed by atoms with van der Waals surface area (Å²) in [5, 5.41) is 0. The Morgan fingerprint density at radius 2 is 2.07 bits per heavy atom. The summed E-state index contributed by atoms with van der Waals surface area (Å²) >= 11 is 0. The lowest BCUT2D eigenvalue weighted by atomic mass is 9.85. The monoisotopic (exact) mass is 216 g/mol. The van der Waals surface area contributed by atoms with Gasteiger partial charge in [-0.1, -0.05) is 13.8 Å². The summed E-state index contributed by atoms with van der Waals surface area (Å²) in [6, 6.07) is 0. The Morgan fingerprint density at radius 1 is 1.47 bits per heavy atom. The van der Waals surface area contributed by atoms with E-state index in [1.807, 2.05) is 27.7 Å². The normalized spacial score (nSPS) is 34.3. The average molecular weight is 216 g/mol. The molecule has 0 amide bonds. The quantitative estimate of drug-likeness (QED) is 0.514. The molecule has 0 saturated carbocycles. The van der Waals surface area contributed by atoms with Crippen LogP contribution in [0, 0.1) is 5.92 Å². The molecule has 1 aliphatic heterocycles. The molecule has 0 aromatic heterocycles. The SMILES string of the molecule is CCOCC1(C)OC1(C(=O)OC)C(C)C. The number of carbonyl (C=O) groups is 1. The predicted molar refractivity (Wildman–Crippen MR) is 55.6 cm³/mol. The first-order chi connectivity index (χ1) is 6.94. The first kappa shape index (κ1) is 12.5. The molecule has 4 nitrogen and oxygen atoms in total. The lowest BCUT2D eigenvalue weighted by Crippen LogP contribution is -2.40. The molecule has 0 aromatic carbocycles. The van der Waals surface area contributed by atoms with E-state index in [0.29, 0.717) is 13.2 Å². The molecule has 0 aliphatic carbocycles. The Kier molecular flexibility index (Phi) is 3.41. The van der Waals surface area contributed by atoms with E-state index in [4.69, 9.17) is 14.2 Å². The van der Waals surface area contributed by atoms with Crippen LogP contribution in [-0.4, -0.2) is 37.5 Å². The number of ether oxygens (including phenoxy) is 3. The second kappa shape index (κ2) is 4.10. The van der Waals surface area contributed by atoms with Gasteiger partial charge in [-0.15, -0.1) is 0 Å². The molecule has 2 atom stereocenters. The number of methoxy groups -OCH3 is 1. The maximum Gasteiger partial charge on any atom is 0.341 e. The van der Waals surface area contributed by atoms with E-state index in [1.165, 1.54) is 7.11 Å². The molecule has 1 heterocycles. The maximum absolute atomic E-state index is 11.7. The van der Waals surface area contributed by atoms with Crippen molar-refractivity contribution in [3.8, 4) is 0 Å². The van der Waals surface area contributed by atoms with Crippen molar-refractivity contribution in [2.45, 2.75) is 38.9 Å². The van der Waals surface area contributed by atoms with Gasteiger partial charge in [0.15, 0.2) is 5.60 Å². The Bertz CT molecular complexity index is 251. The molecular weight excluding hydrogens is 196 g/mol. The van der Waals surface area contributed by atoms with Crippen LogP contribution in [0.2, 0.25) is 0 Å². The van der Waals surface area contributed by atoms with E-state index >= 15 is 0 Å². The minimum atomic E-state index is -0.822. The van der Waals surface area contributed by atoms with Crippen LogP contribution in [0.3, 0.4) is 0 Å². The fourth-order valence-corrected chi connectivity index (χ4v) is 2.14. The number of hydrogen-bond acceptors (Lipinski definition) is 4. The summed E-state index contributed by atoms with van der Waals surface area (Å²) < 4.78 is 15.7. The van der Waals surface area contributed by atoms with Crippen molar-refractivity contribution in [1.29, 1.82) is 0 Å². The van der Waals surface area contributed by atoms with E-state index in [2.05, 4.69) is 0 Å². The van der Waals surface area contributed by atoms with Gasteiger partial charge in [-0.2, -0.15) is 0 Å². The summed E-state index contributed by atoms with van der Waals surface area (Å²) in [7, 11) is 1.38. The van der Waals surface area contributed by atoms with Crippen molar-refractivity contribution >= 4 is 5.97 Å². The molecular formula is C11H20O4. The number of esters is 1. The highest BCUT2D eigenvalue weighted by Crippen LogP contribution is 2.53. The number of carbonyl (C=O) groups excluding carboxylic acids is 1. The minimum absolute atomic E-state index is 0.0791. The minimum Gasteiger partial charge on any atom is -0.467 e. The zero-order valence-electron chi connectivity index (χ0n) is 10.1. The summed E-state index contributed by atoms with van der Waals surface area (Å²) in [6.07, 6.45) is 0.